The van der Waals surface area contributed by atoms with Gasteiger partial charge in [-0.2, -0.15) is 0 Å². The Bertz CT molecular complexity index is 200. The molecule has 14 heavy (non-hydrogen) atoms. The quantitative estimate of drug-likeness (QED) is 0.401. The van der Waals surface area contributed by atoms with Gasteiger partial charge in [-0.05, 0) is 5.41 Å². The van der Waals surface area contributed by atoms with E-state index in [4.69, 9.17) is 4.74 Å². The topological polar surface area (TPSA) is 90.2 Å². The van der Waals surface area contributed by atoms with E-state index in [-0.39, 0.29) is 0 Å². The van der Waals surface area contributed by atoms with Gasteiger partial charge >= 0.3 is 0 Å². The van der Waals surface area contributed by atoms with Crippen molar-refractivity contribution < 1.29 is 25.2 Å². The second-order valence-corrected chi connectivity index (χ2v) is 4.79. The van der Waals surface area contributed by atoms with Crippen molar-refractivity contribution in [3.05, 3.63) is 0 Å². The van der Waals surface area contributed by atoms with Gasteiger partial charge in [0.2, 0.25) is 0 Å². The average Bonchev–Trinajstić information content (AvgIpc) is 2.06. The number of rotatable bonds is 0. The van der Waals surface area contributed by atoms with Crippen LogP contribution in [0.2, 0.25) is 0 Å². The van der Waals surface area contributed by atoms with Gasteiger partial charge in [0.1, 0.15) is 18.3 Å². The third-order valence-electron chi connectivity index (χ3n) is 2.44. The zero-order chi connectivity index (χ0) is 11.1. The lowest BCUT2D eigenvalue weighted by atomic mass is 9.81. The molecule has 5 heteroatoms. The molecule has 1 fully saturated rings. The van der Waals surface area contributed by atoms with Gasteiger partial charge in [0, 0.05) is 0 Å². The van der Waals surface area contributed by atoms with E-state index < -0.39 is 36.1 Å². The van der Waals surface area contributed by atoms with E-state index in [2.05, 4.69) is 0 Å². The minimum absolute atomic E-state index is 0.415. The van der Waals surface area contributed by atoms with Gasteiger partial charge in [0.25, 0.3) is 0 Å². The van der Waals surface area contributed by atoms with Crippen LogP contribution in [0.15, 0.2) is 0 Å². The second-order valence-electron chi connectivity index (χ2n) is 4.79. The van der Waals surface area contributed by atoms with E-state index in [9.17, 15) is 20.4 Å². The van der Waals surface area contributed by atoms with E-state index in [1.54, 1.807) is 0 Å². The molecule has 84 valence electrons. The Kier molecular flexibility index (Phi) is 3.18. The van der Waals surface area contributed by atoms with Crippen molar-refractivity contribution in [1.82, 2.24) is 0 Å². The minimum atomic E-state index is -1.46. The van der Waals surface area contributed by atoms with Crippen molar-refractivity contribution in [3.8, 4) is 0 Å². The molecule has 1 saturated heterocycles. The van der Waals surface area contributed by atoms with Crippen molar-refractivity contribution in [3.63, 3.8) is 0 Å². The Morgan fingerprint density at radius 2 is 1.36 bits per heavy atom. The van der Waals surface area contributed by atoms with Crippen LogP contribution >= 0.6 is 0 Å². The van der Waals surface area contributed by atoms with E-state index in [1.807, 2.05) is 20.8 Å². The summed E-state index contributed by atoms with van der Waals surface area (Å²) in [5, 5.41) is 37.5. The van der Waals surface area contributed by atoms with Crippen LogP contribution in [0, 0.1) is 5.41 Å². The molecule has 1 heterocycles. The number of aliphatic hydroxyl groups excluding tert-OH is 4. The molecule has 0 aromatic carbocycles. The molecule has 0 aromatic heterocycles. The predicted molar refractivity (Wildman–Crippen MR) is 48.4 cm³/mol. The maximum Gasteiger partial charge on any atom is 0.183 e. The van der Waals surface area contributed by atoms with Gasteiger partial charge in [-0.25, -0.2) is 0 Å². The lowest BCUT2D eigenvalue weighted by Gasteiger charge is -2.43. The number of hydrogen-bond donors (Lipinski definition) is 4. The number of ether oxygens (including phenoxy) is 1. The van der Waals surface area contributed by atoms with E-state index in [0.717, 1.165) is 0 Å². The summed E-state index contributed by atoms with van der Waals surface area (Å²) in [5.41, 5.74) is -0.415. The first-order valence-corrected chi connectivity index (χ1v) is 4.63. The smallest absolute Gasteiger partial charge is 0.183 e. The van der Waals surface area contributed by atoms with E-state index in [0.29, 0.717) is 0 Å². The summed E-state index contributed by atoms with van der Waals surface area (Å²) >= 11 is 0. The first-order chi connectivity index (χ1) is 6.25. The normalized spacial score (nSPS) is 45.2. The maximum absolute atomic E-state index is 9.62. The molecule has 1 rings (SSSR count). The summed E-state index contributed by atoms with van der Waals surface area (Å²) in [6.45, 7) is 5.45. The molecule has 0 saturated carbocycles. The average molecular weight is 206 g/mol. The van der Waals surface area contributed by atoms with Crippen LogP contribution in [0.5, 0.6) is 0 Å². The monoisotopic (exact) mass is 206 g/mol. The highest BCUT2D eigenvalue weighted by Crippen LogP contribution is 2.32. The van der Waals surface area contributed by atoms with Crippen LogP contribution < -0.4 is 0 Å². The Labute approximate surface area is 82.9 Å². The molecule has 0 amide bonds. The summed E-state index contributed by atoms with van der Waals surface area (Å²) in [5.74, 6) is 0. The third-order valence-corrected chi connectivity index (χ3v) is 2.44. The van der Waals surface area contributed by atoms with Crippen LogP contribution in [0.25, 0.3) is 0 Å². The Balaban J connectivity index is 2.81. The number of aliphatic hydroxyl groups is 4. The summed E-state index contributed by atoms with van der Waals surface area (Å²) < 4.78 is 5.04. The number of hydrogen-bond acceptors (Lipinski definition) is 5. The van der Waals surface area contributed by atoms with Gasteiger partial charge in [-0.15, -0.1) is 0 Å². The largest absolute Gasteiger partial charge is 0.388 e. The molecule has 5 nitrogen and oxygen atoms in total. The van der Waals surface area contributed by atoms with Crippen molar-refractivity contribution in [2.24, 2.45) is 5.41 Å². The van der Waals surface area contributed by atoms with Crippen LogP contribution in [0.1, 0.15) is 20.8 Å². The predicted octanol–water partition coefficient (Wildman–Crippen LogP) is -1.17. The summed E-state index contributed by atoms with van der Waals surface area (Å²) in [6, 6.07) is 0. The van der Waals surface area contributed by atoms with Crippen LogP contribution in [-0.2, 0) is 4.74 Å². The lowest BCUT2D eigenvalue weighted by Crippen LogP contribution is -2.60. The highest BCUT2D eigenvalue weighted by molar-refractivity contribution is 4.93. The zero-order valence-electron chi connectivity index (χ0n) is 8.58. The van der Waals surface area contributed by atoms with Crippen LogP contribution in [0.3, 0.4) is 0 Å². The van der Waals surface area contributed by atoms with Crippen molar-refractivity contribution in [2.45, 2.75) is 51.5 Å². The maximum atomic E-state index is 9.62. The van der Waals surface area contributed by atoms with Crippen LogP contribution in [-0.4, -0.2) is 51.1 Å². The summed E-state index contributed by atoms with van der Waals surface area (Å²) in [4.78, 5) is 0. The molecule has 0 radical (unpaired) electrons. The highest BCUT2D eigenvalue weighted by Gasteiger charge is 2.47. The van der Waals surface area contributed by atoms with Gasteiger partial charge in [0.15, 0.2) is 6.29 Å². The highest BCUT2D eigenvalue weighted by atomic mass is 16.6. The Hall–Kier alpha value is -0.200. The molecule has 0 aliphatic carbocycles. The molecule has 0 bridgehead atoms. The molecule has 4 N–H and O–H groups in total. The molecular formula is C9H18O5. The molecule has 1 aliphatic heterocycles. The fourth-order valence-corrected chi connectivity index (χ4v) is 1.58. The molecule has 2 unspecified atom stereocenters. The molecule has 1 aliphatic rings. The molecule has 0 aromatic rings. The molecule has 0 spiro atoms. The molecule has 5 atom stereocenters. The van der Waals surface area contributed by atoms with Crippen LogP contribution in [0.4, 0.5) is 0 Å². The fourth-order valence-electron chi connectivity index (χ4n) is 1.58. The first-order valence-electron chi connectivity index (χ1n) is 4.63. The zero-order valence-corrected chi connectivity index (χ0v) is 8.58. The van der Waals surface area contributed by atoms with Gasteiger partial charge < -0.3 is 25.2 Å². The second kappa shape index (κ2) is 3.75. The van der Waals surface area contributed by atoms with Crippen molar-refractivity contribution in [1.29, 1.82) is 0 Å². The standard InChI is InChI=1S/C9H18O5/c1-9(2,3)7-5(11)4(10)6(12)8(13)14-7/h4-8,10-13H,1-3H3/t4-,5?,6-,7+,8?/m0/s1. The van der Waals surface area contributed by atoms with E-state index in [1.165, 1.54) is 0 Å². The van der Waals surface area contributed by atoms with Crippen molar-refractivity contribution >= 4 is 0 Å². The Morgan fingerprint density at radius 3 is 1.79 bits per heavy atom. The van der Waals surface area contributed by atoms with Gasteiger partial charge in [-0.3, -0.25) is 0 Å². The molecular weight excluding hydrogens is 188 g/mol. The van der Waals surface area contributed by atoms with E-state index >= 15 is 0 Å². The van der Waals surface area contributed by atoms with Gasteiger partial charge in [-0.1, -0.05) is 20.8 Å². The third kappa shape index (κ3) is 2.07. The van der Waals surface area contributed by atoms with Crippen molar-refractivity contribution in [2.75, 3.05) is 0 Å². The lowest BCUT2D eigenvalue weighted by molar-refractivity contribution is -0.299. The Morgan fingerprint density at radius 1 is 0.857 bits per heavy atom. The SMILES string of the molecule is CC(C)(C)[C@@H]1OC(O)[C@@H](O)[C@@H](O)C1O. The van der Waals surface area contributed by atoms with Gasteiger partial charge in [0.05, 0.1) is 6.10 Å². The minimum Gasteiger partial charge on any atom is -0.388 e. The summed E-state index contributed by atoms with van der Waals surface area (Å²) in [6.07, 6.45) is -6.16. The fraction of sp³-hybridized carbons (Fsp3) is 1.00. The summed E-state index contributed by atoms with van der Waals surface area (Å²) in [7, 11) is 0. The first kappa shape index (κ1) is 11.9.